The first kappa shape index (κ1) is 12.1. The second kappa shape index (κ2) is 4.84. The summed E-state index contributed by atoms with van der Waals surface area (Å²) >= 11 is 0. The zero-order chi connectivity index (χ0) is 13.1. The van der Waals surface area contributed by atoms with Crippen molar-refractivity contribution in [2.75, 3.05) is 0 Å². The summed E-state index contributed by atoms with van der Waals surface area (Å²) in [6, 6.07) is 3.52. The van der Waals surface area contributed by atoms with E-state index in [1.54, 1.807) is 18.3 Å². The Morgan fingerprint density at radius 3 is 2.94 bits per heavy atom. The predicted octanol–water partition coefficient (Wildman–Crippen LogP) is 2.30. The van der Waals surface area contributed by atoms with E-state index in [1.165, 1.54) is 6.92 Å². The average molecular weight is 240 g/mol. The normalized spacial score (nSPS) is 9.89. The second-order valence-electron chi connectivity index (χ2n) is 3.77. The zero-order valence-electron chi connectivity index (χ0n) is 10.2. The van der Waals surface area contributed by atoms with Crippen LogP contribution in [0, 0.1) is 11.8 Å². The molecular weight excluding hydrogens is 228 g/mol. The number of hydrogen-bond acceptors (Lipinski definition) is 4. The molecule has 0 unspecified atom stereocenters. The molecule has 0 aliphatic heterocycles. The topological polar surface area (TPSA) is 63.1 Å². The van der Waals surface area contributed by atoms with Crippen LogP contribution in [0.15, 0.2) is 18.3 Å². The van der Waals surface area contributed by atoms with Crippen molar-refractivity contribution < 1.29 is 9.90 Å². The van der Waals surface area contributed by atoms with E-state index >= 15 is 0 Å². The van der Waals surface area contributed by atoms with Gasteiger partial charge in [0.05, 0.1) is 0 Å². The Hall–Kier alpha value is -2.41. The van der Waals surface area contributed by atoms with Gasteiger partial charge in [0, 0.05) is 24.9 Å². The Balaban J connectivity index is 2.84. The highest BCUT2D eigenvalue weighted by molar-refractivity contribution is 6.01. The number of nitrogens with zero attached hydrogens (tertiary/aromatic N) is 2. The maximum Gasteiger partial charge on any atom is 0.182 e. The van der Waals surface area contributed by atoms with E-state index in [1.807, 2.05) is 6.92 Å². The minimum Gasteiger partial charge on any atom is -0.504 e. The van der Waals surface area contributed by atoms with Crippen molar-refractivity contribution >= 4 is 16.7 Å². The van der Waals surface area contributed by atoms with E-state index in [4.69, 9.17) is 0 Å². The van der Waals surface area contributed by atoms with Crippen LogP contribution in [0.1, 0.15) is 36.5 Å². The summed E-state index contributed by atoms with van der Waals surface area (Å²) < 4.78 is 0. The van der Waals surface area contributed by atoms with Crippen molar-refractivity contribution in [3.63, 3.8) is 0 Å². The lowest BCUT2D eigenvalue weighted by molar-refractivity contribution is 0.101. The molecule has 2 aromatic heterocycles. The number of ketones is 1. The predicted molar refractivity (Wildman–Crippen MR) is 68.4 cm³/mol. The number of aromatic hydroxyl groups is 1. The molecule has 0 spiro atoms. The molecule has 0 aromatic carbocycles. The van der Waals surface area contributed by atoms with Gasteiger partial charge >= 0.3 is 0 Å². The number of fused-ring (bicyclic) bond motifs is 1. The van der Waals surface area contributed by atoms with Crippen molar-refractivity contribution in [2.45, 2.75) is 20.3 Å². The Morgan fingerprint density at radius 2 is 2.28 bits per heavy atom. The Morgan fingerprint density at radius 1 is 1.50 bits per heavy atom. The van der Waals surface area contributed by atoms with Gasteiger partial charge in [0.1, 0.15) is 11.2 Å². The summed E-state index contributed by atoms with van der Waals surface area (Å²) in [5.74, 6) is 5.32. The van der Waals surface area contributed by atoms with Crippen molar-refractivity contribution in [1.82, 2.24) is 9.97 Å². The number of carbonyl (C=O) groups is 1. The summed E-state index contributed by atoms with van der Waals surface area (Å²) in [4.78, 5) is 19.6. The van der Waals surface area contributed by atoms with Crippen molar-refractivity contribution in [2.24, 2.45) is 0 Å². The Bertz CT molecular complexity index is 681. The molecule has 4 nitrogen and oxygen atoms in total. The summed E-state index contributed by atoms with van der Waals surface area (Å²) in [7, 11) is 0. The van der Waals surface area contributed by atoms with Gasteiger partial charge in [-0.15, -0.1) is 0 Å². The van der Waals surface area contributed by atoms with Crippen LogP contribution in [0.5, 0.6) is 5.75 Å². The average Bonchev–Trinajstić information content (AvgIpc) is 2.38. The van der Waals surface area contributed by atoms with E-state index in [9.17, 15) is 9.90 Å². The number of hydrogen-bond donors (Lipinski definition) is 1. The highest BCUT2D eigenvalue weighted by atomic mass is 16.3. The van der Waals surface area contributed by atoms with Gasteiger partial charge in [-0.2, -0.15) is 0 Å². The number of carbonyl (C=O) groups excluding carboxylic acids is 1. The molecule has 0 fully saturated rings. The Labute approximate surface area is 105 Å². The van der Waals surface area contributed by atoms with Gasteiger partial charge in [0.15, 0.2) is 17.2 Å². The molecule has 0 bridgehead atoms. The van der Waals surface area contributed by atoms with Gasteiger partial charge in [-0.25, -0.2) is 4.98 Å². The monoisotopic (exact) mass is 240 g/mol. The first-order valence-electron chi connectivity index (χ1n) is 5.62. The Kier molecular flexibility index (Phi) is 3.24. The number of aromatic nitrogens is 2. The maximum atomic E-state index is 11.4. The van der Waals surface area contributed by atoms with Gasteiger partial charge < -0.3 is 5.11 Å². The molecule has 2 rings (SSSR count). The summed E-state index contributed by atoms with van der Waals surface area (Å²) in [6.07, 6.45) is 2.25. The van der Waals surface area contributed by atoms with Crippen LogP contribution in [-0.2, 0) is 0 Å². The number of Topliss-reactive ketones (excluding diaryl/α,β-unsaturated/α-hetero) is 1. The maximum absolute atomic E-state index is 11.4. The largest absolute Gasteiger partial charge is 0.504 e. The molecule has 0 saturated carbocycles. The summed E-state index contributed by atoms with van der Waals surface area (Å²) in [5, 5.41) is 10.6. The van der Waals surface area contributed by atoms with Crippen molar-refractivity contribution in [3.8, 4) is 17.6 Å². The third-order valence-corrected chi connectivity index (χ3v) is 2.45. The lowest BCUT2D eigenvalue weighted by atomic mass is 10.1. The standard InChI is InChI=1S/C14H12N2O2/c1-3-4-7-11-10-6-5-8-15-13(10)14(18)12(16-11)9(2)17/h5-6,8,18H,3H2,1-2H3. The molecule has 4 heteroatoms. The van der Waals surface area contributed by atoms with Crippen LogP contribution in [0.25, 0.3) is 10.9 Å². The molecule has 0 atom stereocenters. The molecule has 2 aromatic rings. The first-order valence-corrected chi connectivity index (χ1v) is 5.62. The van der Waals surface area contributed by atoms with E-state index < -0.39 is 0 Å². The van der Waals surface area contributed by atoms with Gasteiger partial charge in [-0.3, -0.25) is 9.78 Å². The van der Waals surface area contributed by atoms with Crippen LogP contribution in [0.2, 0.25) is 0 Å². The van der Waals surface area contributed by atoms with Crippen LogP contribution in [0.3, 0.4) is 0 Å². The summed E-state index contributed by atoms with van der Waals surface area (Å²) in [6.45, 7) is 3.29. The highest BCUT2D eigenvalue weighted by Gasteiger charge is 2.15. The van der Waals surface area contributed by atoms with Gasteiger partial charge in [-0.1, -0.05) is 12.8 Å². The fraction of sp³-hybridized carbons (Fsp3) is 0.214. The molecule has 18 heavy (non-hydrogen) atoms. The highest BCUT2D eigenvalue weighted by Crippen LogP contribution is 2.27. The summed E-state index contributed by atoms with van der Waals surface area (Å²) in [5.41, 5.74) is 0.850. The van der Waals surface area contributed by atoms with Gasteiger partial charge in [-0.05, 0) is 18.1 Å². The van der Waals surface area contributed by atoms with Gasteiger partial charge in [0.2, 0.25) is 0 Å². The molecule has 1 N–H and O–H groups in total. The molecule has 2 heterocycles. The minimum absolute atomic E-state index is 0.0154. The first-order chi connectivity index (χ1) is 8.65. The van der Waals surface area contributed by atoms with Crippen LogP contribution >= 0.6 is 0 Å². The lowest BCUT2D eigenvalue weighted by Crippen LogP contribution is -2.01. The van der Waals surface area contributed by atoms with E-state index in [0.717, 1.165) is 0 Å². The molecule has 90 valence electrons. The lowest BCUT2D eigenvalue weighted by Gasteiger charge is -2.05. The fourth-order valence-electron chi connectivity index (χ4n) is 1.64. The third kappa shape index (κ3) is 2.03. The molecule has 0 aliphatic rings. The van der Waals surface area contributed by atoms with Crippen LogP contribution in [0.4, 0.5) is 0 Å². The van der Waals surface area contributed by atoms with Crippen LogP contribution in [-0.4, -0.2) is 20.9 Å². The quantitative estimate of drug-likeness (QED) is 0.613. The van der Waals surface area contributed by atoms with E-state index in [-0.39, 0.29) is 17.2 Å². The van der Waals surface area contributed by atoms with Crippen molar-refractivity contribution in [3.05, 3.63) is 29.7 Å². The molecule has 0 saturated heterocycles. The minimum atomic E-state index is -0.306. The van der Waals surface area contributed by atoms with Crippen LogP contribution < -0.4 is 0 Å². The molecule has 0 amide bonds. The third-order valence-electron chi connectivity index (χ3n) is 2.45. The zero-order valence-corrected chi connectivity index (χ0v) is 10.2. The molecule has 0 aliphatic carbocycles. The molecule has 0 radical (unpaired) electrons. The van der Waals surface area contributed by atoms with Gasteiger partial charge in [0.25, 0.3) is 0 Å². The molecular formula is C14H12N2O2. The number of pyridine rings is 2. The smallest absolute Gasteiger partial charge is 0.182 e. The fourth-order valence-corrected chi connectivity index (χ4v) is 1.64. The van der Waals surface area contributed by atoms with E-state index in [0.29, 0.717) is 23.0 Å². The van der Waals surface area contributed by atoms with Crippen molar-refractivity contribution in [1.29, 1.82) is 0 Å². The van der Waals surface area contributed by atoms with E-state index in [2.05, 4.69) is 21.8 Å². The number of rotatable bonds is 1. The second-order valence-corrected chi connectivity index (χ2v) is 3.77. The SMILES string of the molecule is CCC#Cc1nc(C(C)=O)c(O)c2ncccc12.